The maximum atomic E-state index is 6.05. The zero-order chi connectivity index (χ0) is 16.9. The van der Waals surface area contributed by atoms with E-state index in [1.165, 1.54) is 17.5 Å². The summed E-state index contributed by atoms with van der Waals surface area (Å²) in [5, 5.41) is 6.49. The molecule has 3 nitrogen and oxygen atoms in total. The highest BCUT2D eigenvalue weighted by atomic mass is 35.5. The van der Waals surface area contributed by atoms with Gasteiger partial charge in [-0.1, -0.05) is 23.7 Å². The van der Waals surface area contributed by atoms with Gasteiger partial charge in [0.25, 0.3) is 0 Å². The Balaban J connectivity index is 1.57. The molecule has 3 rings (SSSR count). The van der Waals surface area contributed by atoms with Crippen LogP contribution in [-0.2, 0) is 6.42 Å². The number of halogens is 1. The van der Waals surface area contributed by atoms with Gasteiger partial charge < -0.3 is 9.64 Å². The first-order chi connectivity index (χ1) is 11.7. The zero-order valence-corrected chi connectivity index (χ0v) is 15.4. The van der Waals surface area contributed by atoms with Gasteiger partial charge in [-0.2, -0.15) is 0 Å². The van der Waals surface area contributed by atoms with Crippen molar-refractivity contribution in [2.75, 3.05) is 25.1 Å². The summed E-state index contributed by atoms with van der Waals surface area (Å²) in [6.07, 6.45) is 3.34. The second kappa shape index (κ2) is 8.15. The second-order valence-electron chi connectivity index (χ2n) is 6.33. The summed E-state index contributed by atoms with van der Waals surface area (Å²) in [5.74, 6) is 1.48. The van der Waals surface area contributed by atoms with Crippen LogP contribution in [0.25, 0.3) is 0 Å². The van der Waals surface area contributed by atoms with Gasteiger partial charge >= 0.3 is 0 Å². The quantitative estimate of drug-likeness (QED) is 0.777. The fourth-order valence-corrected chi connectivity index (χ4v) is 3.74. The lowest BCUT2D eigenvalue weighted by atomic mass is 10.00. The maximum absolute atomic E-state index is 6.05. The predicted molar refractivity (Wildman–Crippen MR) is 103 cm³/mol. The molecule has 0 amide bonds. The molecule has 1 unspecified atom stereocenters. The second-order valence-corrected chi connectivity index (χ2v) is 7.47. The lowest BCUT2D eigenvalue weighted by Gasteiger charge is -2.21. The molecule has 5 heteroatoms. The Bertz CT molecular complexity index is 695. The van der Waals surface area contributed by atoms with E-state index in [2.05, 4.69) is 30.1 Å². The molecule has 1 heterocycles. The summed E-state index contributed by atoms with van der Waals surface area (Å²) < 4.78 is 6.04. The van der Waals surface area contributed by atoms with Crippen molar-refractivity contribution in [3.05, 3.63) is 53.1 Å². The minimum absolute atomic E-state index is 0.524. The topological polar surface area (TPSA) is 38.5 Å². The molecule has 0 aliphatic carbocycles. The summed E-state index contributed by atoms with van der Waals surface area (Å²) in [5.41, 5.74) is 2.43. The van der Waals surface area contributed by atoms with E-state index >= 15 is 0 Å². The molecule has 0 spiro atoms. The molecule has 1 atom stereocenters. The molecule has 1 aliphatic rings. The number of nitrogens with zero attached hydrogens (tertiary/aromatic N) is 1. The van der Waals surface area contributed by atoms with Gasteiger partial charge in [0, 0.05) is 29.4 Å². The lowest BCUT2D eigenvalue weighted by Crippen LogP contribution is -2.26. The van der Waals surface area contributed by atoms with Crippen LogP contribution in [0.1, 0.15) is 18.4 Å². The van der Waals surface area contributed by atoms with Crippen LogP contribution >= 0.6 is 23.5 Å². The first kappa shape index (κ1) is 17.5. The number of anilines is 1. The average molecular weight is 363 g/mol. The Morgan fingerprint density at radius 3 is 2.96 bits per heavy atom. The van der Waals surface area contributed by atoms with Crippen LogP contribution in [0.2, 0.25) is 5.02 Å². The van der Waals surface area contributed by atoms with Crippen LogP contribution in [0.5, 0.6) is 5.75 Å². The molecule has 128 valence electrons. The van der Waals surface area contributed by atoms with Crippen LogP contribution in [0.3, 0.4) is 0 Å². The number of rotatable bonds is 5. The molecule has 0 saturated heterocycles. The predicted octanol–water partition coefficient (Wildman–Crippen LogP) is 4.77. The van der Waals surface area contributed by atoms with Gasteiger partial charge in [0.1, 0.15) is 5.75 Å². The number of fused-ring (bicyclic) bond motifs is 1. The number of hydrogen-bond donors (Lipinski definition) is 1. The highest BCUT2D eigenvalue weighted by Gasteiger charge is 2.21. The SMILES string of the molecule is CN1CC(CCCc2cccc(Cl)c2)COc2ccc(SN)cc21. The van der Waals surface area contributed by atoms with Gasteiger partial charge in [-0.3, -0.25) is 5.14 Å². The van der Waals surface area contributed by atoms with Crippen LogP contribution in [-0.4, -0.2) is 20.2 Å². The van der Waals surface area contributed by atoms with Crippen molar-refractivity contribution in [3.63, 3.8) is 0 Å². The smallest absolute Gasteiger partial charge is 0.142 e. The molecule has 1 aliphatic heterocycles. The van der Waals surface area contributed by atoms with Gasteiger partial charge in [0.15, 0.2) is 0 Å². The van der Waals surface area contributed by atoms with E-state index in [0.717, 1.165) is 53.8 Å². The summed E-state index contributed by atoms with van der Waals surface area (Å²) >= 11 is 7.32. The van der Waals surface area contributed by atoms with Crippen molar-refractivity contribution in [3.8, 4) is 5.75 Å². The van der Waals surface area contributed by atoms with Crippen LogP contribution < -0.4 is 14.8 Å². The normalized spacial score (nSPS) is 17.1. The minimum atomic E-state index is 0.524. The van der Waals surface area contributed by atoms with Gasteiger partial charge in [-0.15, -0.1) is 0 Å². The molecular formula is C19H23ClN2OS. The maximum Gasteiger partial charge on any atom is 0.142 e. The molecule has 0 aromatic heterocycles. The Morgan fingerprint density at radius 1 is 1.29 bits per heavy atom. The number of hydrogen-bond acceptors (Lipinski definition) is 4. The average Bonchev–Trinajstić information content (AvgIpc) is 2.74. The van der Waals surface area contributed by atoms with Crippen molar-refractivity contribution >= 4 is 29.2 Å². The molecule has 2 aromatic carbocycles. The van der Waals surface area contributed by atoms with E-state index in [-0.39, 0.29) is 0 Å². The first-order valence-electron chi connectivity index (χ1n) is 8.25. The molecule has 2 aromatic rings. The monoisotopic (exact) mass is 362 g/mol. The Morgan fingerprint density at radius 2 is 2.17 bits per heavy atom. The number of aryl methyl sites for hydroxylation is 1. The van der Waals surface area contributed by atoms with Gasteiger partial charge in [-0.25, -0.2) is 0 Å². The highest BCUT2D eigenvalue weighted by molar-refractivity contribution is 7.97. The molecule has 0 saturated carbocycles. The Kier molecular flexibility index (Phi) is 5.93. The van der Waals surface area contributed by atoms with E-state index in [9.17, 15) is 0 Å². The summed E-state index contributed by atoms with van der Waals surface area (Å²) in [4.78, 5) is 3.34. The molecule has 24 heavy (non-hydrogen) atoms. The van der Waals surface area contributed by atoms with Crippen LogP contribution in [0.4, 0.5) is 5.69 Å². The number of ether oxygens (including phenoxy) is 1. The van der Waals surface area contributed by atoms with Crippen molar-refractivity contribution < 1.29 is 4.74 Å². The fourth-order valence-electron chi connectivity index (χ4n) is 3.20. The minimum Gasteiger partial charge on any atom is -0.491 e. The fraction of sp³-hybridized carbons (Fsp3) is 0.368. The zero-order valence-electron chi connectivity index (χ0n) is 13.9. The van der Waals surface area contributed by atoms with E-state index in [4.69, 9.17) is 21.5 Å². The third-order valence-electron chi connectivity index (χ3n) is 4.45. The third kappa shape index (κ3) is 4.38. The molecule has 0 radical (unpaired) electrons. The Labute approximate surface area is 153 Å². The molecular weight excluding hydrogens is 340 g/mol. The first-order valence-corrected chi connectivity index (χ1v) is 9.50. The van der Waals surface area contributed by atoms with Gasteiger partial charge in [0.05, 0.1) is 12.3 Å². The largest absolute Gasteiger partial charge is 0.491 e. The summed E-state index contributed by atoms with van der Waals surface area (Å²) in [6.45, 7) is 1.77. The summed E-state index contributed by atoms with van der Waals surface area (Å²) in [6, 6.07) is 14.3. The molecule has 0 fully saturated rings. The highest BCUT2D eigenvalue weighted by Crippen LogP contribution is 2.34. The van der Waals surface area contributed by atoms with E-state index in [1.54, 1.807) is 0 Å². The van der Waals surface area contributed by atoms with E-state index < -0.39 is 0 Å². The number of benzene rings is 2. The van der Waals surface area contributed by atoms with Gasteiger partial charge in [0.2, 0.25) is 0 Å². The van der Waals surface area contributed by atoms with E-state index in [1.807, 2.05) is 24.3 Å². The van der Waals surface area contributed by atoms with Crippen molar-refractivity contribution in [2.45, 2.75) is 24.2 Å². The van der Waals surface area contributed by atoms with Crippen molar-refractivity contribution in [1.29, 1.82) is 0 Å². The third-order valence-corrected chi connectivity index (χ3v) is 5.21. The van der Waals surface area contributed by atoms with Crippen LogP contribution in [0, 0.1) is 5.92 Å². The van der Waals surface area contributed by atoms with Gasteiger partial charge in [-0.05, 0) is 67.1 Å². The van der Waals surface area contributed by atoms with Crippen molar-refractivity contribution in [1.82, 2.24) is 0 Å². The Hall–Kier alpha value is -1.36. The van der Waals surface area contributed by atoms with E-state index in [0.29, 0.717) is 5.92 Å². The summed E-state index contributed by atoms with van der Waals surface area (Å²) in [7, 11) is 2.13. The lowest BCUT2D eigenvalue weighted by molar-refractivity contribution is 0.251. The molecule has 0 bridgehead atoms. The van der Waals surface area contributed by atoms with Crippen molar-refractivity contribution in [2.24, 2.45) is 11.1 Å². The molecule has 2 N–H and O–H groups in total. The van der Waals surface area contributed by atoms with Crippen LogP contribution in [0.15, 0.2) is 47.4 Å². The number of nitrogens with two attached hydrogens (primary N) is 1. The standard InChI is InChI=1S/C19H23ClN2OS/c1-22-12-15(6-2-4-14-5-3-7-16(20)10-14)13-23-19-9-8-17(24-21)11-18(19)22/h3,5,7-11,15H,2,4,6,12-13,21H2,1H3.